The number of nitrogens with two attached hydrogens (primary N) is 1. The highest BCUT2D eigenvalue weighted by atomic mass is 32.3. The number of hydrogen-bond acceptors (Lipinski definition) is 5. The van der Waals surface area contributed by atoms with Crippen LogP contribution >= 0.6 is 0 Å². The Morgan fingerprint density at radius 2 is 1.76 bits per heavy atom. The van der Waals surface area contributed by atoms with Gasteiger partial charge in [-0.15, -0.1) is 0 Å². The molecule has 0 aromatic rings. The van der Waals surface area contributed by atoms with Gasteiger partial charge in [-0.05, 0) is 26.3 Å². The molecule has 5 N–H and O–H groups in total. The molecule has 0 saturated heterocycles. The summed E-state index contributed by atoms with van der Waals surface area (Å²) in [6.45, 7) is 5.35. The van der Waals surface area contributed by atoms with E-state index in [4.69, 9.17) is 33.4 Å². The lowest BCUT2D eigenvalue weighted by atomic mass is 9.97. The van der Waals surface area contributed by atoms with E-state index >= 15 is 0 Å². The first-order chi connectivity index (χ1) is 7.36. The highest BCUT2D eigenvalue weighted by molar-refractivity contribution is 7.79. The van der Waals surface area contributed by atoms with Gasteiger partial charge in [0.1, 0.15) is 11.2 Å². The number of ether oxygens (including phenoxy) is 1. The third-order valence-corrected chi connectivity index (χ3v) is 2.11. The molecule has 0 radical (unpaired) electrons. The molecule has 8 nitrogen and oxygen atoms in total. The van der Waals surface area contributed by atoms with Gasteiger partial charge in [-0.3, -0.25) is 19.3 Å². The maximum atomic E-state index is 10.9. The minimum absolute atomic E-state index is 0.120. The minimum atomic E-state index is -4.67. The largest absolute Gasteiger partial charge is 0.467 e. The minimum Gasteiger partial charge on any atom is -0.467 e. The second kappa shape index (κ2) is 4.82. The fourth-order valence-electron chi connectivity index (χ4n) is 1.15. The van der Waals surface area contributed by atoms with E-state index in [0.717, 1.165) is 5.57 Å². The molecule has 1 rings (SSSR count). The van der Waals surface area contributed by atoms with Crippen molar-refractivity contribution in [3.05, 3.63) is 11.1 Å². The van der Waals surface area contributed by atoms with Crippen LogP contribution in [0.5, 0.6) is 0 Å². The lowest BCUT2D eigenvalue weighted by molar-refractivity contribution is -0.114. The highest BCUT2D eigenvalue weighted by Gasteiger charge is 2.37. The lowest BCUT2D eigenvalue weighted by Gasteiger charge is -2.18. The zero-order chi connectivity index (χ0) is 14.0. The van der Waals surface area contributed by atoms with Gasteiger partial charge < -0.3 is 10.5 Å². The standard InChI is InChI=1S/C8H12N2O2.H2O4S/c1-4-5(6(9)11)7(10)12-8(4,2)3;1-5(2,3)4/h10H,1-3H3,(H2,9,11);(H2,1,2,3,4). The second-order valence-corrected chi connectivity index (χ2v) is 4.65. The summed E-state index contributed by atoms with van der Waals surface area (Å²) in [5.41, 5.74) is 5.44. The molecule has 0 saturated carbocycles. The first-order valence-corrected chi connectivity index (χ1v) is 5.75. The molecule has 9 heteroatoms. The quantitative estimate of drug-likeness (QED) is 0.487. The third-order valence-electron chi connectivity index (χ3n) is 2.11. The molecule has 0 atom stereocenters. The van der Waals surface area contributed by atoms with Crippen LogP contribution in [0.15, 0.2) is 11.1 Å². The Bertz CT molecular complexity index is 468. The number of carbonyl (C=O) groups is 1. The number of nitrogens with one attached hydrogen (secondary N) is 1. The van der Waals surface area contributed by atoms with Gasteiger partial charge >= 0.3 is 10.4 Å². The maximum absolute atomic E-state index is 10.9. The van der Waals surface area contributed by atoms with Crippen molar-refractivity contribution in [1.82, 2.24) is 0 Å². The Hall–Kier alpha value is -1.45. The highest BCUT2D eigenvalue weighted by Crippen LogP contribution is 2.31. The molecular weight excluding hydrogens is 252 g/mol. The summed E-state index contributed by atoms with van der Waals surface area (Å²) in [6.07, 6.45) is 0. The van der Waals surface area contributed by atoms with Crippen LogP contribution in [0.1, 0.15) is 20.8 Å². The van der Waals surface area contributed by atoms with E-state index in [-0.39, 0.29) is 11.5 Å². The van der Waals surface area contributed by atoms with Gasteiger partial charge in [0.15, 0.2) is 0 Å². The topological polar surface area (TPSA) is 151 Å². The summed E-state index contributed by atoms with van der Waals surface area (Å²) in [4.78, 5) is 10.9. The fraction of sp³-hybridized carbons (Fsp3) is 0.500. The number of rotatable bonds is 1. The molecule has 1 aliphatic rings. The van der Waals surface area contributed by atoms with E-state index in [1.165, 1.54) is 0 Å². The van der Waals surface area contributed by atoms with Crippen molar-refractivity contribution >= 4 is 22.2 Å². The molecule has 1 heterocycles. The van der Waals surface area contributed by atoms with Crippen LogP contribution in [0.3, 0.4) is 0 Å². The summed E-state index contributed by atoms with van der Waals surface area (Å²) < 4.78 is 36.7. The van der Waals surface area contributed by atoms with E-state index in [1.807, 2.05) is 0 Å². The van der Waals surface area contributed by atoms with E-state index < -0.39 is 21.9 Å². The Morgan fingerprint density at radius 3 is 1.88 bits per heavy atom. The molecule has 98 valence electrons. The maximum Gasteiger partial charge on any atom is 0.394 e. The van der Waals surface area contributed by atoms with E-state index in [1.54, 1.807) is 20.8 Å². The van der Waals surface area contributed by atoms with Crippen LogP contribution in [-0.2, 0) is 19.9 Å². The van der Waals surface area contributed by atoms with Gasteiger partial charge in [-0.25, -0.2) is 0 Å². The molecule has 1 aliphatic heterocycles. The Kier molecular flexibility index (Phi) is 4.41. The molecular formula is C8H14N2O6S. The van der Waals surface area contributed by atoms with Crippen molar-refractivity contribution in [2.24, 2.45) is 5.73 Å². The Balaban J connectivity index is 0.000000437. The van der Waals surface area contributed by atoms with E-state index in [0.29, 0.717) is 0 Å². The normalized spacial score (nSPS) is 18.3. The summed E-state index contributed by atoms with van der Waals surface area (Å²) in [5.74, 6) is -0.715. The van der Waals surface area contributed by atoms with Crippen molar-refractivity contribution in [3.63, 3.8) is 0 Å². The molecule has 0 fully saturated rings. The lowest BCUT2D eigenvalue weighted by Crippen LogP contribution is -2.21. The monoisotopic (exact) mass is 266 g/mol. The van der Waals surface area contributed by atoms with Crippen LogP contribution in [0.4, 0.5) is 0 Å². The summed E-state index contributed by atoms with van der Waals surface area (Å²) in [6, 6.07) is 0. The third kappa shape index (κ3) is 4.93. The van der Waals surface area contributed by atoms with Crippen LogP contribution in [0.25, 0.3) is 0 Å². The van der Waals surface area contributed by atoms with Crippen molar-refractivity contribution < 1.29 is 27.1 Å². The predicted octanol–water partition coefficient (Wildman–Crippen LogP) is -0.0785. The summed E-state index contributed by atoms with van der Waals surface area (Å²) in [7, 11) is -4.67. The molecule has 1 amide bonds. The number of carbonyl (C=O) groups excluding carboxylic acids is 1. The molecule has 0 aliphatic carbocycles. The molecule has 0 unspecified atom stereocenters. The van der Waals surface area contributed by atoms with Gasteiger partial charge in [-0.2, -0.15) is 8.42 Å². The van der Waals surface area contributed by atoms with E-state index in [9.17, 15) is 4.79 Å². The predicted molar refractivity (Wildman–Crippen MR) is 59.0 cm³/mol. The van der Waals surface area contributed by atoms with Crippen molar-refractivity contribution in [2.75, 3.05) is 0 Å². The molecule has 0 aromatic carbocycles. The molecule has 0 bridgehead atoms. The SMILES string of the molecule is CC1=C(C(N)=O)C(=N)OC1(C)C.O=S(=O)(O)O. The Morgan fingerprint density at radius 1 is 1.41 bits per heavy atom. The van der Waals surface area contributed by atoms with Gasteiger partial charge in [0.25, 0.3) is 5.91 Å². The zero-order valence-electron chi connectivity index (χ0n) is 9.51. The zero-order valence-corrected chi connectivity index (χ0v) is 10.3. The summed E-state index contributed by atoms with van der Waals surface area (Å²) in [5, 5.41) is 7.34. The number of primary amides is 1. The average Bonchev–Trinajstić information content (AvgIpc) is 2.16. The molecule has 0 spiro atoms. The van der Waals surface area contributed by atoms with Gasteiger partial charge in [-0.1, -0.05) is 0 Å². The average molecular weight is 266 g/mol. The van der Waals surface area contributed by atoms with Gasteiger partial charge in [0, 0.05) is 0 Å². The van der Waals surface area contributed by atoms with Crippen LogP contribution in [-0.4, -0.2) is 34.9 Å². The van der Waals surface area contributed by atoms with Crippen molar-refractivity contribution in [2.45, 2.75) is 26.4 Å². The Labute approximate surface area is 98.5 Å². The first kappa shape index (κ1) is 15.6. The van der Waals surface area contributed by atoms with Gasteiger partial charge in [0.05, 0.1) is 0 Å². The van der Waals surface area contributed by atoms with Crippen LogP contribution < -0.4 is 5.73 Å². The van der Waals surface area contributed by atoms with Crippen molar-refractivity contribution in [1.29, 1.82) is 5.41 Å². The first-order valence-electron chi connectivity index (χ1n) is 4.35. The second-order valence-electron chi connectivity index (χ2n) is 3.75. The van der Waals surface area contributed by atoms with Gasteiger partial charge in [0.2, 0.25) is 5.90 Å². The smallest absolute Gasteiger partial charge is 0.394 e. The molecule has 0 aromatic heterocycles. The van der Waals surface area contributed by atoms with Crippen LogP contribution in [0, 0.1) is 5.41 Å². The van der Waals surface area contributed by atoms with Crippen molar-refractivity contribution in [3.8, 4) is 0 Å². The van der Waals surface area contributed by atoms with E-state index in [2.05, 4.69) is 0 Å². The molecule has 17 heavy (non-hydrogen) atoms. The number of hydrogen-bond donors (Lipinski definition) is 4. The fourth-order valence-corrected chi connectivity index (χ4v) is 1.15. The van der Waals surface area contributed by atoms with Crippen LogP contribution in [0.2, 0.25) is 0 Å². The summed E-state index contributed by atoms with van der Waals surface area (Å²) >= 11 is 0. The number of amides is 1.